The summed E-state index contributed by atoms with van der Waals surface area (Å²) < 4.78 is 18.1. The molecular weight excluding hydrogens is 313 g/mol. The van der Waals surface area contributed by atoms with Crippen molar-refractivity contribution in [1.82, 2.24) is 4.90 Å². The Hall–Kier alpha value is -1.04. The van der Waals surface area contributed by atoms with E-state index in [9.17, 15) is 0 Å². The molecule has 2 fully saturated rings. The molecule has 2 aliphatic heterocycles. The van der Waals surface area contributed by atoms with Crippen LogP contribution < -0.4 is 10.2 Å². The Kier molecular flexibility index (Phi) is 5.47. The summed E-state index contributed by atoms with van der Waals surface area (Å²) in [5.74, 6) is 1.72. The van der Waals surface area contributed by atoms with E-state index < -0.39 is 0 Å². The monoisotopic (exact) mass is 345 g/mol. The molecule has 0 aromatic heterocycles. The van der Waals surface area contributed by atoms with E-state index in [-0.39, 0.29) is 18.3 Å². The summed E-state index contributed by atoms with van der Waals surface area (Å²) in [6.45, 7) is 14.8. The normalized spacial score (nSPS) is 26.0. The average Bonchev–Trinajstić information content (AvgIpc) is 2.76. The molecule has 2 heterocycles. The van der Waals surface area contributed by atoms with Crippen LogP contribution in [0.4, 0.5) is 0 Å². The molecule has 0 bridgehead atoms. The van der Waals surface area contributed by atoms with Crippen LogP contribution in [-0.4, -0.2) is 49.5 Å². The zero-order chi connectivity index (χ0) is 18.1. The van der Waals surface area contributed by atoms with E-state index >= 15 is 0 Å². The molecule has 1 unspecified atom stereocenters. The number of piperidine rings is 1. The summed E-state index contributed by atoms with van der Waals surface area (Å²) in [6.07, 6.45) is 2.67. The molecule has 1 aromatic rings. The van der Waals surface area contributed by atoms with Gasteiger partial charge in [0.2, 0.25) is 0 Å². The lowest BCUT2D eigenvalue weighted by Crippen LogP contribution is -2.41. The number of rotatable bonds is 5. The Bertz CT molecular complexity index is 557. The van der Waals surface area contributed by atoms with Crippen molar-refractivity contribution in [3.05, 3.63) is 24.3 Å². The highest BCUT2D eigenvalue weighted by molar-refractivity contribution is 6.62. The Morgan fingerprint density at radius 2 is 1.76 bits per heavy atom. The lowest BCUT2D eigenvalue weighted by molar-refractivity contribution is 0.00578. The van der Waals surface area contributed by atoms with Crippen molar-refractivity contribution in [2.24, 2.45) is 5.92 Å². The maximum atomic E-state index is 6.09. The third-order valence-corrected chi connectivity index (χ3v) is 5.82. The van der Waals surface area contributed by atoms with Gasteiger partial charge in [-0.15, -0.1) is 0 Å². The summed E-state index contributed by atoms with van der Waals surface area (Å²) in [7, 11) is -0.311. The molecule has 0 saturated carbocycles. The van der Waals surface area contributed by atoms with Crippen LogP contribution in [0, 0.1) is 5.92 Å². The molecule has 5 heteroatoms. The molecule has 0 spiro atoms. The van der Waals surface area contributed by atoms with Gasteiger partial charge in [0.25, 0.3) is 0 Å². The molecule has 0 radical (unpaired) electrons. The number of hydrogen-bond acceptors (Lipinski definition) is 4. The largest absolute Gasteiger partial charge is 0.494 e. The maximum absolute atomic E-state index is 6.09. The molecular formula is C20H32BNO3. The summed E-state index contributed by atoms with van der Waals surface area (Å²) in [5, 5.41) is 0. The van der Waals surface area contributed by atoms with E-state index in [0.29, 0.717) is 0 Å². The Morgan fingerprint density at radius 3 is 2.36 bits per heavy atom. The number of likely N-dealkylation sites (tertiary alicyclic amines) is 1. The molecule has 4 nitrogen and oxygen atoms in total. The maximum Gasteiger partial charge on any atom is 0.494 e. The minimum Gasteiger partial charge on any atom is -0.492 e. The second kappa shape index (κ2) is 7.30. The van der Waals surface area contributed by atoms with Gasteiger partial charge in [-0.2, -0.15) is 0 Å². The second-order valence-corrected chi connectivity index (χ2v) is 8.55. The molecule has 2 saturated heterocycles. The van der Waals surface area contributed by atoms with Crippen LogP contribution in [0.25, 0.3) is 0 Å². The number of ether oxygens (including phenoxy) is 1. The van der Waals surface area contributed by atoms with Gasteiger partial charge in [-0.1, -0.05) is 19.1 Å². The highest BCUT2D eigenvalue weighted by Gasteiger charge is 2.51. The Labute approximate surface area is 153 Å². The van der Waals surface area contributed by atoms with Gasteiger partial charge in [0, 0.05) is 13.1 Å². The Balaban J connectivity index is 1.49. The van der Waals surface area contributed by atoms with Gasteiger partial charge in [0.05, 0.1) is 11.2 Å². The third kappa shape index (κ3) is 4.39. The molecule has 0 amide bonds. The van der Waals surface area contributed by atoms with Gasteiger partial charge in [-0.3, -0.25) is 4.90 Å². The lowest BCUT2D eigenvalue weighted by Gasteiger charge is -2.32. The predicted octanol–water partition coefficient (Wildman–Crippen LogP) is 3.10. The van der Waals surface area contributed by atoms with Crippen LogP contribution in [-0.2, 0) is 9.31 Å². The second-order valence-electron chi connectivity index (χ2n) is 8.55. The van der Waals surface area contributed by atoms with Gasteiger partial charge in [0.15, 0.2) is 0 Å². The fourth-order valence-corrected chi connectivity index (χ4v) is 3.48. The van der Waals surface area contributed by atoms with E-state index in [1.807, 2.05) is 24.3 Å². The fraction of sp³-hybridized carbons (Fsp3) is 0.700. The first kappa shape index (κ1) is 18.7. The molecule has 1 aromatic carbocycles. The van der Waals surface area contributed by atoms with E-state index in [4.69, 9.17) is 14.0 Å². The number of benzene rings is 1. The van der Waals surface area contributed by atoms with Crippen molar-refractivity contribution in [1.29, 1.82) is 0 Å². The zero-order valence-electron chi connectivity index (χ0n) is 16.4. The van der Waals surface area contributed by atoms with Crippen molar-refractivity contribution >= 4 is 12.6 Å². The average molecular weight is 345 g/mol. The van der Waals surface area contributed by atoms with Gasteiger partial charge >= 0.3 is 7.12 Å². The van der Waals surface area contributed by atoms with Crippen LogP contribution in [0.5, 0.6) is 5.75 Å². The summed E-state index contributed by atoms with van der Waals surface area (Å²) in [5.41, 5.74) is 0.424. The Morgan fingerprint density at radius 1 is 1.12 bits per heavy atom. The first-order valence-electron chi connectivity index (χ1n) is 9.58. The van der Waals surface area contributed by atoms with Crippen molar-refractivity contribution in [3.8, 4) is 5.75 Å². The van der Waals surface area contributed by atoms with Crippen LogP contribution >= 0.6 is 0 Å². The summed E-state index contributed by atoms with van der Waals surface area (Å²) in [4.78, 5) is 2.51. The minimum absolute atomic E-state index is 0.307. The van der Waals surface area contributed by atoms with E-state index in [1.54, 1.807) is 0 Å². The van der Waals surface area contributed by atoms with E-state index in [0.717, 1.165) is 30.3 Å². The zero-order valence-corrected chi connectivity index (χ0v) is 16.4. The van der Waals surface area contributed by atoms with Crippen molar-refractivity contribution in [3.63, 3.8) is 0 Å². The fourth-order valence-electron chi connectivity index (χ4n) is 3.48. The van der Waals surface area contributed by atoms with Gasteiger partial charge in [0.1, 0.15) is 12.4 Å². The molecule has 2 aliphatic rings. The van der Waals surface area contributed by atoms with E-state index in [2.05, 4.69) is 39.5 Å². The van der Waals surface area contributed by atoms with Crippen LogP contribution in [0.15, 0.2) is 24.3 Å². The molecule has 0 N–H and O–H groups in total. The van der Waals surface area contributed by atoms with E-state index in [1.165, 1.54) is 25.9 Å². The molecule has 25 heavy (non-hydrogen) atoms. The highest BCUT2D eigenvalue weighted by atomic mass is 16.7. The highest BCUT2D eigenvalue weighted by Crippen LogP contribution is 2.36. The van der Waals surface area contributed by atoms with Gasteiger partial charge in [-0.25, -0.2) is 0 Å². The molecule has 0 aliphatic carbocycles. The van der Waals surface area contributed by atoms with Crippen LogP contribution in [0.3, 0.4) is 0 Å². The standard InChI is InChI=1S/C20H32BNO3/c1-16-7-6-12-22(15-16)13-14-23-18-10-8-17(9-11-18)21-24-19(2,3)20(4,5)25-21/h8-11,16H,6-7,12-15H2,1-5H3. The predicted molar refractivity (Wildman–Crippen MR) is 102 cm³/mol. The first-order chi connectivity index (χ1) is 11.8. The first-order valence-corrected chi connectivity index (χ1v) is 9.58. The summed E-state index contributed by atoms with van der Waals surface area (Å²) in [6, 6.07) is 8.11. The smallest absolute Gasteiger partial charge is 0.492 e. The quantitative estimate of drug-likeness (QED) is 0.768. The molecule has 1 atom stereocenters. The minimum atomic E-state index is -0.311. The topological polar surface area (TPSA) is 30.9 Å². The number of hydrogen-bond donors (Lipinski definition) is 0. The lowest BCUT2D eigenvalue weighted by atomic mass is 9.79. The SMILES string of the molecule is CC1CCCN(CCOc2ccc(B3OC(C)(C)C(C)(C)O3)cc2)C1. The van der Waals surface area contributed by atoms with Crippen molar-refractivity contribution in [2.45, 2.75) is 58.7 Å². The third-order valence-electron chi connectivity index (χ3n) is 5.82. The van der Waals surface area contributed by atoms with Gasteiger partial charge in [-0.05, 0) is 70.6 Å². The molecule has 3 rings (SSSR count). The van der Waals surface area contributed by atoms with Crippen molar-refractivity contribution < 1.29 is 14.0 Å². The van der Waals surface area contributed by atoms with Crippen LogP contribution in [0.1, 0.15) is 47.5 Å². The number of nitrogens with zero attached hydrogens (tertiary/aromatic N) is 1. The van der Waals surface area contributed by atoms with Crippen molar-refractivity contribution in [2.75, 3.05) is 26.2 Å². The molecule has 138 valence electrons. The van der Waals surface area contributed by atoms with Crippen LogP contribution in [0.2, 0.25) is 0 Å². The summed E-state index contributed by atoms with van der Waals surface area (Å²) >= 11 is 0. The van der Waals surface area contributed by atoms with Gasteiger partial charge < -0.3 is 14.0 Å².